The molecule has 0 saturated carbocycles. The zero-order valence-electron chi connectivity index (χ0n) is 69.4. The van der Waals surface area contributed by atoms with Crippen LogP contribution in [0.15, 0.2) is 384 Å². The summed E-state index contributed by atoms with van der Waals surface area (Å²) in [4.78, 5) is 42.5. The maximum atomic E-state index is 10.6. The molecule has 0 amide bonds. The fourth-order valence-electron chi connectivity index (χ4n) is 10.3. The average Bonchev–Trinajstić information content (AvgIpc) is 0.834. The van der Waals surface area contributed by atoms with Crippen molar-refractivity contribution in [2.75, 3.05) is 0 Å². The Kier molecular flexibility index (Phi) is 94.9. The fourth-order valence-corrected chi connectivity index (χ4v) is 21.8. The van der Waals surface area contributed by atoms with Gasteiger partial charge < -0.3 is 59.0 Å². The van der Waals surface area contributed by atoms with Gasteiger partial charge in [-0.05, 0) is 173 Å². The minimum absolute atomic E-state index is 0. The first-order valence-corrected chi connectivity index (χ1v) is 54.2. The van der Waals surface area contributed by atoms with E-state index in [1.165, 1.54) is 91.3 Å². The second kappa shape index (κ2) is 88.1. The molecule has 736 valence electrons. The van der Waals surface area contributed by atoms with Crippen LogP contribution >= 0.6 is 241 Å². The summed E-state index contributed by atoms with van der Waals surface area (Å²) in [5.41, 5.74) is -0.0741. The van der Waals surface area contributed by atoms with Crippen molar-refractivity contribution in [1.82, 2.24) is 0 Å². The molecule has 0 aromatic heterocycles. The molecule has 0 N–H and O–H groups in total. The van der Waals surface area contributed by atoms with Crippen LogP contribution in [0.2, 0.25) is 0 Å². The molecular formula is C90H82Au2Cl20O12P4Pt2S4+4. The van der Waals surface area contributed by atoms with Crippen molar-refractivity contribution in [1.29, 1.82) is 0 Å². The molecule has 0 bridgehead atoms. The van der Waals surface area contributed by atoms with Crippen molar-refractivity contribution >= 4 is 378 Å². The summed E-state index contributed by atoms with van der Waals surface area (Å²) in [6, 6.07) is 130. The summed E-state index contributed by atoms with van der Waals surface area (Å²) in [7, 11) is -13.4. The van der Waals surface area contributed by atoms with Crippen molar-refractivity contribution in [3.63, 3.8) is 0 Å². The smallest absolute Gasteiger partial charge is 0.807 e. The first kappa shape index (κ1) is 144. The summed E-state index contributed by atoms with van der Waals surface area (Å²) in [5.74, 6) is -1.42. The van der Waals surface area contributed by atoms with Crippen LogP contribution in [0.3, 0.4) is 0 Å². The average molecular weight is 3100 g/mol. The molecule has 12 nitrogen and oxygen atoms in total. The van der Waals surface area contributed by atoms with E-state index in [-0.39, 0.29) is 130 Å². The van der Waals surface area contributed by atoms with Crippen LogP contribution in [0.4, 0.5) is 0 Å². The van der Waals surface area contributed by atoms with E-state index in [0.717, 1.165) is 0 Å². The molecule has 0 saturated heterocycles. The Bertz CT molecular complexity index is 3970. The van der Waals surface area contributed by atoms with Crippen LogP contribution < -0.4 is 101 Å². The van der Waals surface area contributed by atoms with Crippen molar-refractivity contribution < 1.29 is 164 Å². The molecule has 12 aromatic rings. The van der Waals surface area contributed by atoms with Crippen LogP contribution in [0.1, 0.15) is 27.7 Å². The number of halogens is 20. The van der Waals surface area contributed by atoms with Gasteiger partial charge >= 0.3 is 86.9 Å². The Balaban J connectivity index is -0.000000344. The van der Waals surface area contributed by atoms with Crippen LogP contribution in [0, 0.1) is 20.5 Å². The second-order valence-corrected chi connectivity index (χ2v) is 49.1. The molecule has 0 heterocycles. The molecule has 0 atom stereocenters. The Hall–Kier alpha value is -0.263. The van der Waals surface area contributed by atoms with Gasteiger partial charge in [-0.25, -0.2) is 37.3 Å². The van der Waals surface area contributed by atoms with Crippen LogP contribution in [-0.2, 0) is 157 Å². The normalized spacial score (nSPS) is 9.79. The number of Topliss-reactive ketones (excluding diaryl/α,β-unsaturated/α-hetero) is 4. The number of ketones is 4. The van der Waals surface area contributed by atoms with Gasteiger partial charge in [0.1, 0.15) is 63.7 Å². The maximum Gasteiger partial charge on any atom is 2.00 e. The van der Waals surface area contributed by atoms with E-state index >= 15 is 0 Å². The molecule has 0 fully saturated rings. The maximum absolute atomic E-state index is 10.6. The number of hydrogen-bond acceptors (Lipinski definition) is 16. The summed E-state index contributed by atoms with van der Waals surface area (Å²) in [5, 5.41) is 17.2. The van der Waals surface area contributed by atoms with Crippen molar-refractivity contribution in [3.8, 4) is 0 Å². The van der Waals surface area contributed by atoms with Gasteiger partial charge in [0.2, 0.25) is 0 Å². The van der Waals surface area contributed by atoms with Gasteiger partial charge in [-0.1, -0.05) is 427 Å². The third-order valence-corrected chi connectivity index (χ3v) is 26.3. The van der Waals surface area contributed by atoms with Crippen LogP contribution in [-0.4, -0.2) is 48.9 Å². The standard InChI is InChI=1S/4C18H15P.2C6H8O2S2.6CHCl3.2Au.2ClHO4.2Pt/c4*1-4-10-16(11-5-1)19(17-12-6-2-7-13-17)18-14-8-3-9-15-18;2*1-3(7)5(4(2)8)6(9)10;6*2-1(3)4;;;2*2-1(3,4)5;;/h4*1-15H;2*9-10H,1-2H3;6*1H;;;2*(H,2,3,4,5);;/q;;;;;;;;;;;;2*+1;;;2*+2/p-2. The summed E-state index contributed by atoms with van der Waals surface area (Å²) < 4.78 is 63.4. The minimum atomic E-state index is -4.94. The third-order valence-electron chi connectivity index (χ3n) is 14.6. The molecule has 0 aliphatic rings. The van der Waals surface area contributed by atoms with Crippen LogP contribution in [0.5, 0.6) is 0 Å². The molecule has 0 radical (unpaired) electrons. The van der Waals surface area contributed by atoms with E-state index < -0.39 is 77.9 Å². The second-order valence-electron chi connectivity index (χ2n) is 23.7. The number of allylic oxidation sites excluding steroid dienone is 2. The number of rotatable bonds is 16. The number of carbonyl (C=O) groups excluding carboxylic acids is 4. The Morgan fingerprint density at radius 2 is 0.261 bits per heavy atom. The van der Waals surface area contributed by atoms with Crippen LogP contribution in [0.25, 0.3) is 0 Å². The van der Waals surface area contributed by atoms with E-state index in [2.05, 4.69) is 414 Å². The van der Waals surface area contributed by atoms with E-state index in [1.54, 1.807) is 0 Å². The van der Waals surface area contributed by atoms with Crippen molar-refractivity contribution in [2.24, 2.45) is 0 Å². The Labute approximate surface area is 965 Å². The molecule has 0 aliphatic carbocycles. The predicted molar refractivity (Wildman–Crippen MR) is 560 cm³/mol. The van der Waals surface area contributed by atoms with Gasteiger partial charge in [-0.3, -0.25) is 19.2 Å². The number of benzene rings is 12. The van der Waals surface area contributed by atoms with Gasteiger partial charge in [0, 0.05) is 11.1 Å². The van der Waals surface area contributed by atoms with E-state index in [1.807, 2.05) is 0 Å². The largest absolute Gasteiger partial charge is 2.00 e. The monoisotopic (exact) mass is 3090 g/mol. The quantitative estimate of drug-likeness (QED) is 0.0166. The van der Waals surface area contributed by atoms with E-state index in [4.69, 9.17) is 246 Å². The zero-order chi connectivity index (χ0) is 98.7. The molecule has 0 aliphatic heterocycles. The zero-order valence-corrected chi connectivity index (χ0v) is 101. The molecular weight excluding hydrogens is 3020 g/mol. The van der Waals surface area contributed by atoms with Gasteiger partial charge in [0.15, 0.2) is 48.9 Å². The molecule has 0 unspecified atom stereocenters. The molecule has 134 heavy (non-hydrogen) atoms. The van der Waals surface area contributed by atoms with Gasteiger partial charge in [0.25, 0.3) is 0 Å². The van der Waals surface area contributed by atoms with Gasteiger partial charge in [-0.15, -0.1) is 20.5 Å². The number of carbonyl (C=O) groups is 4. The Morgan fingerprint density at radius 3 is 0.299 bits per heavy atom. The van der Waals surface area contributed by atoms with E-state index in [9.17, 15) is 19.2 Å². The first-order valence-electron chi connectivity index (χ1n) is 36.2. The minimum Gasteiger partial charge on any atom is -0.807 e. The van der Waals surface area contributed by atoms with Gasteiger partial charge in [0.05, 0.1) is 31.7 Å². The molecule has 12 rings (SSSR count). The van der Waals surface area contributed by atoms with Crippen molar-refractivity contribution in [2.45, 2.75) is 53.5 Å². The van der Waals surface area contributed by atoms with Crippen molar-refractivity contribution in [3.05, 3.63) is 384 Å². The first-order chi connectivity index (χ1) is 61.1. The number of hydrogen-bond donors (Lipinski definition) is 0. The number of alkyl halides is 18. The fraction of sp³-hybridized carbons (Fsp3) is 0.111. The Morgan fingerprint density at radius 1 is 0.201 bits per heavy atom. The topological polar surface area (TPSA) is 253 Å². The third kappa shape index (κ3) is 80.0. The summed E-state index contributed by atoms with van der Waals surface area (Å²) in [6.07, 6.45) is 0. The SMILES string of the molecule is CC(=O)C(C(C)=O)=C([S-])[S-].CC(=O)C(C(C)=O)=C([S-])[S-].ClC(Cl)Cl.ClC(Cl)Cl.ClC(Cl)Cl.ClC(Cl)Cl.ClC(Cl)Cl.ClC(Cl)Cl.[Au+].[Au+].[O-][Cl+3]([O-])([O-])[O-].[O-][Cl+3]([O-])([O-])[O-].[Pt+2].[Pt+2].c1ccc([PH+](c2ccccc2)c2ccccc2)cc1.c1ccc([PH+](c2ccccc2)c2ccccc2)cc1.c1ccc([PH+](c2ccccc2)c2ccccc2)cc1.c1ccc([PH+](c2ccccc2)c2ccccc2)cc1. The molecule has 44 heteroatoms. The summed E-state index contributed by atoms with van der Waals surface area (Å²) in [6.45, 7) is 5.09. The van der Waals surface area contributed by atoms with Gasteiger partial charge in [-0.2, -0.15) is 0 Å². The predicted octanol–water partition coefficient (Wildman–Crippen LogP) is 16.0. The molecule has 12 aromatic carbocycles. The van der Waals surface area contributed by atoms with E-state index in [0.29, 0.717) is 0 Å². The molecule has 0 spiro atoms. The summed E-state index contributed by atoms with van der Waals surface area (Å²) >= 11 is 105.